The van der Waals surface area contributed by atoms with Gasteiger partial charge < -0.3 is 38.8 Å². The fourth-order valence-corrected chi connectivity index (χ4v) is 5.66. The van der Waals surface area contributed by atoms with Crippen molar-refractivity contribution < 1.29 is 43.5 Å². The lowest BCUT2D eigenvalue weighted by Gasteiger charge is -2.50. The van der Waals surface area contributed by atoms with Gasteiger partial charge in [0.25, 0.3) is 0 Å². The summed E-state index contributed by atoms with van der Waals surface area (Å²) in [5.41, 5.74) is 34.8. The summed E-state index contributed by atoms with van der Waals surface area (Å²) in [7, 11) is 1.39. The highest BCUT2D eigenvalue weighted by atomic mass is 16.7. The highest BCUT2D eigenvalue weighted by Crippen LogP contribution is 2.37. The first kappa shape index (κ1) is 36.0. The summed E-state index contributed by atoms with van der Waals surface area (Å²) in [6.45, 7) is 4.90. The molecule has 250 valence electrons. The Kier molecular flexibility index (Phi) is 12.3. The quantitative estimate of drug-likeness (QED) is 0.143. The van der Waals surface area contributed by atoms with E-state index in [-0.39, 0.29) is 18.6 Å². The molecule has 1 saturated carbocycles. The first-order valence-corrected chi connectivity index (χ1v) is 14.1. The monoisotopic (exact) mass is 649 g/mol. The molecule has 0 bridgehead atoms. The van der Waals surface area contributed by atoms with Gasteiger partial charge in [-0.15, -0.1) is 0 Å². The molecule has 0 spiro atoms. The number of ether oxygens (including phenoxy) is 5. The van der Waals surface area contributed by atoms with Crippen molar-refractivity contribution >= 4 is 11.9 Å². The van der Waals surface area contributed by atoms with Crippen LogP contribution in [0.1, 0.15) is 40.5 Å². The summed E-state index contributed by atoms with van der Waals surface area (Å²) >= 11 is 0. The zero-order chi connectivity index (χ0) is 34.2. The molecule has 1 aliphatic carbocycles. The van der Waals surface area contributed by atoms with Gasteiger partial charge in [-0.3, -0.25) is 9.59 Å². The molecular formula is C24H35N13O9. The maximum absolute atomic E-state index is 12.3. The Bertz CT molecular complexity index is 1370. The zero-order valence-electron chi connectivity index (χ0n) is 25.6. The van der Waals surface area contributed by atoms with Crippen molar-refractivity contribution in [3.05, 3.63) is 53.6 Å². The maximum atomic E-state index is 12.3. The molecule has 0 radical (unpaired) electrons. The Morgan fingerprint density at radius 2 is 1.57 bits per heavy atom. The van der Waals surface area contributed by atoms with Gasteiger partial charge in [0, 0.05) is 40.5 Å². The van der Waals surface area contributed by atoms with Crippen molar-refractivity contribution in [1.29, 1.82) is 0 Å². The Morgan fingerprint density at radius 1 is 1.00 bits per heavy atom. The average molecular weight is 650 g/mol. The second-order valence-electron chi connectivity index (χ2n) is 11.1. The number of rotatable bonds is 11. The Balaban J connectivity index is 2.01. The lowest BCUT2D eigenvalue weighted by Crippen LogP contribution is -2.69. The third kappa shape index (κ3) is 8.21. The van der Waals surface area contributed by atoms with Crippen LogP contribution in [0.3, 0.4) is 0 Å². The van der Waals surface area contributed by atoms with E-state index in [4.69, 9.17) is 34.7 Å². The molecular weight excluding hydrogens is 614 g/mol. The van der Waals surface area contributed by atoms with Crippen molar-refractivity contribution in [3.63, 3.8) is 0 Å². The molecule has 1 amide bonds. The Morgan fingerprint density at radius 3 is 2.09 bits per heavy atom. The number of azide groups is 4. The van der Waals surface area contributed by atoms with Crippen LogP contribution < -0.4 is 0 Å². The molecule has 3 rings (SSSR count). The third-order valence-electron chi connectivity index (χ3n) is 7.83. The van der Waals surface area contributed by atoms with Gasteiger partial charge in [-0.2, -0.15) is 0 Å². The number of carbonyl (C=O) groups excluding carboxylic acids is 2. The number of nitrogens with zero attached hydrogens (tertiary/aromatic N) is 13. The van der Waals surface area contributed by atoms with E-state index in [0.717, 1.165) is 11.8 Å². The van der Waals surface area contributed by atoms with Gasteiger partial charge in [0.2, 0.25) is 12.2 Å². The minimum absolute atomic E-state index is 0.108. The van der Waals surface area contributed by atoms with E-state index in [1.165, 1.54) is 20.9 Å². The van der Waals surface area contributed by atoms with E-state index in [9.17, 15) is 30.9 Å². The molecule has 22 heteroatoms. The van der Waals surface area contributed by atoms with Crippen LogP contribution in [0.15, 0.2) is 32.3 Å². The van der Waals surface area contributed by atoms with Gasteiger partial charge >= 0.3 is 5.97 Å². The van der Waals surface area contributed by atoms with Crippen molar-refractivity contribution in [2.45, 2.75) is 113 Å². The predicted octanol–water partition coefficient (Wildman–Crippen LogP) is 2.77. The number of amides is 1. The van der Waals surface area contributed by atoms with Gasteiger partial charge in [0.1, 0.15) is 29.5 Å². The van der Waals surface area contributed by atoms with Gasteiger partial charge in [-0.1, -0.05) is 20.5 Å². The molecule has 22 nitrogen and oxygen atoms in total. The van der Waals surface area contributed by atoms with Crippen molar-refractivity contribution in [2.75, 3.05) is 13.7 Å². The number of esters is 1. The number of hydrogen-bond acceptors (Lipinski definition) is 13. The molecule has 46 heavy (non-hydrogen) atoms. The number of likely N-dealkylation sites (N-methyl/N-ethyl adjacent to an activating group) is 1. The first-order chi connectivity index (χ1) is 21.8. The lowest BCUT2D eigenvalue weighted by molar-refractivity contribution is -0.312. The summed E-state index contributed by atoms with van der Waals surface area (Å²) in [5.74, 6) is -1.06. The molecule has 2 N–H and O–H groups in total. The van der Waals surface area contributed by atoms with Crippen LogP contribution in [0, 0.1) is 0 Å². The standard InChI is InChI=1S/C24H35N13O9/c1-10(29-33-25)16-7-6-13(30-34-26)22(44-16)45-18-14(31-35-27)8-15(32-36-28)19(17(18)40)46-23-20(43-12(3)39)21(37(5)11(2)38)24(4,41)9-42-23/h7,10,13-15,17-23,40-41H,6,8-9H2,1-5H3/t10-,13-,14+,15-,17+,18-,19+,20-,21-,22-,23-,24+/m1/s1. The fourth-order valence-electron chi connectivity index (χ4n) is 5.66. The second kappa shape index (κ2) is 15.7. The van der Waals surface area contributed by atoms with Crippen LogP contribution in [-0.2, 0) is 33.3 Å². The summed E-state index contributed by atoms with van der Waals surface area (Å²) in [6.07, 6.45) is -7.46. The van der Waals surface area contributed by atoms with Crippen LogP contribution in [-0.4, -0.2) is 113 Å². The van der Waals surface area contributed by atoms with Crippen molar-refractivity contribution in [2.24, 2.45) is 20.5 Å². The maximum Gasteiger partial charge on any atom is 0.303 e. The van der Waals surface area contributed by atoms with Gasteiger partial charge in [-0.25, -0.2) is 0 Å². The summed E-state index contributed by atoms with van der Waals surface area (Å²) in [6, 6.07) is -5.25. The van der Waals surface area contributed by atoms with E-state index in [2.05, 4.69) is 40.1 Å². The SMILES string of the molecule is CC(=O)O[C@H]1[C@@H](O[C@@H]2[C@@H](O)[C@H](O[C@H]3OC([C@@H](C)N=[N+]=[N-])=CC[C@H]3N=[N+]=[N-])[C@@H](N=[N+]=[N-])C[C@H]2N=[N+]=[N-])OC[C@](C)(O)[C@@H]1N(C)C(C)=O. The largest absolute Gasteiger partial charge is 0.469 e. The van der Waals surface area contributed by atoms with Crippen LogP contribution in [0.25, 0.3) is 41.8 Å². The molecule has 0 unspecified atom stereocenters. The van der Waals surface area contributed by atoms with Crippen LogP contribution in [0.5, 0.6) is 0 Å². The Labute approximate surface area is 261 Å². The van der Waals surface area contributed by atoms with Gasteiger partial charge in [0.15, 0.2) is 12.4 Å². The molecule has 2 heterocycles. The fraction of sp³-hybridized carbons (Fsp3) is 0.833. The summed E-state index contributed by atoms with van der Waals surface area (Å²) in [4.78, 5) is 36.8. The summed E-state index contributed by atoms with van der Waals surface area (Å²) in [5, 5.41) is 37.5. The average Bonchev–Trinajstić information content (AvgIpc) is 2.98. The second-order valence-corrected chi connectivity index (χ2v) is 11.1. The Hall–Kier alpha value is -4.48. The normalized spacial score (nSPS) is 36.0. The lowest BCUT2D eigenvalue weighted by atomic mass is 9.83. The van der Waals surface area contributed by atoms with Crippen molar-refractivity contribution in [1.82, 2.24) is 4.90 Å². The molecule has 0 aromatic carbocycles. The molecule has 0 aromatic rings. The van der Waals surface area contributed by atoms with E-state index in [0.29, 0.717) is 0 Å². The first-order valence-electron chi connectivity index (χ1n) is 14.1. The topological polar surface area (TPSA) is 319 Å². The third-order valence-corrected chi connectivity index (χ3v) is 7.83. The molecule has 2 aliphatic heterocycles. The van der Waals surface area contributed by atoms with Gasteiger partial charge in [0.05, 0.1) is 36.9 Å². The minimum atomic E-state index is -1.74. The van der Waals surface area contributed by atoms with E-state index < -0.39 is 91.3 Å². The minimum Gasteiger partial charge on any atom is -0.469 e. The number of aliphatic hydroxyl groups excluding tert-OH is 1. The van der Waals surface area contributed by atoms with Crippen molar-refractivity contribution in [3.8, 4) is 0 Å². The molecule has 1 saturated heterocycles. The molecule has 0 aromatic heterocycles. The number of aliphatic hydroxyl groups is 2. The smallest absolute Gasteiger partial charge is 0.303 e. The molecule has 12 atom stereocenters. The van der Waals surface area contributed by atoms with E-state index in [1.54, 1.807) is 13.0 Å². The number of hydrogen-bond donors (Lipinski definition) is 2. The van der Waals surface area contributed by atoms with Crippen LogP contribution >= 0.6 is 0 Å². The van der Waals surface area contributed by atoms with Crippen LogP contribution in [0.4, 0.5) is 0 Å². The zero-order valence-corrected chi connectivity index (χ0v) is 25.6. The van der Waals surface area contributed by atoms with Crippen LogP contribution in [0.2, 0.25) is 0 Å². The van der Waals surface area contributed by atoms with Gasteiger partial charge in [-0.05, 0) is 54.9 Å². The summed E-state index contributed by atoms with van der Waals surface area (Å²) < 4.78 is 29.2. The highest BCUT2D eigenvalue weighted by Gasteiger charge is 2.55. The molecule has 3 aliphatic rings. The predicted molar refractivity (Wildman–Crippen MR) is 154 cm³/mol. The highest BCUT2D eigenvalue weighted by molar-refractivity contribution is 5.73. The van der Waals surface area contributed by atoms with E-state index >= 15 is 0 Å². The number of carbonyl (C=O) groups is 2. The van der Waals surface area contributed by atoms with E-state index in [1.807, 2.05) is 0 Å². The molecule has 2 fully saturated rings.